The molecule has 0 saturated heterocycles. The average Bonchev–Trinajstić information content (AvgIpc) is 3.04. The molecule has 2 aliphatic heterocycles. The van der Waals surface area contributed by atoms with Crippen molar-refractivity contribution >= 4 is 17.7 Å². The molecule has 1 aliphatic carbocycles. The molecule has 0 aromatic heterocycles. The molecule has 1 aromatic rings. The van der Waals surface area contributed by atoms with E-state index in [1.54, 1.807) is 0 Å². The van der Waals surface area contributed by atoms with E-state index in [-0.39, 0.29) is 43.6 Å². The number of amides is 1. The van der Waals surface area contributed by atoms with Crippen LogP contribution in [0, 0.1) is 5.41 Å². The number of carbonyl (C=O) groups excluding carboxylic acids is 2. The largest absolute Gasteiger partial charge is 0.478 e. The summed E-state index contributed by atoms with van der Waals surface area (Å²) in [6.45, 7) is -0.111. The molecule has 2 heterocycles. The van der Waals surface area contributed by atoms with E-state index in [1.807, 2.05) is 0 Å². The first-order valence-corrected chi connectivity index (χ1v) is 8.13. The predicted octanol–water partition coefficient (Wildman–Crippen LogP) is 2.68. The Balaban J connectivity index is 1.82. The number of Topliss-reactive ketones (excluding diaryl/α,β-unsaturated/α-hetero) is 1. The van der Waals surface area contributed by atoms with Crippen LogP contribution < -0.4 is 0 Å². The maximum absolute atomic E-state index is 13.0. The minimum Gasteiger partial charge on any atom is -0.478 e. The lowest BCUT2D eigenvalue weighted by Gasteiger charge is -2.29. The van der Waals surface area contributed by atoms with Crippen molar-refractivity contribution in [3.05, 3.63) is 46.2 Å². The van der Waals surface area contributed by atoms with Gasteiger partial charge in [0.15, 0.2) is 0 Å². The zero-order chi connectivity index (χ0) is 18.9. The molecular formula is C18H14F3NO4. The van der Waals surface area contributed by atoms with Gasteiger partial charge in [-0.2, -0.15) is 13.2 Å². The third-order valence-corrected chi connectivity index (χ3v) is 5.51. The summed E-state index contributed by atoms with van der Waals surface area (Å²) in [5, 5.41) is 9.68. The molecule has 0 bridgehead atoms. The van der Waals surface area contributed by atoms with Gasteiger partial charge >= 0.3 is 12.1 Å². The molecule has 1 unspecified atom stereocenters. The van der Waals surface area contributed by atoms with Gasteiger partial charge < -0.3 is 10.0 Å². The molecule has 8 heteroatoms. The molecule has 0 radical (unpaired) electrons. The zero-order valence-corrected chi connectivity index (χ0v) is 13.5. The highest BCUT2D eigenvalue weighted by Crippen LogP contribution is 2.52. The van der Waals surface area contributed by atoms with E-state index in [1.165, 1.54) is 11.0 Å². The smallest absolute Gasteiger partial charge is 0.416 e. The Morgan fingerprint density at radius 3 is 2.50 bits per heavy atom. The Morgan fingerprint density at radius 1 is 1.19 bits per heavy atom. The number of fused-ring (bicyclic) bond motifs is 2. The molecule has 1 N–H and O–H groups in total. The van der Waals surface area contributed by atoms with Gasteiger partial charge in [-0.05, 0) is 29.7 Å². The van der Waals surface area contributed by atoms with Gasteiger partial charge in [0.2, 0.25) is 5.91 Å². The van der Waals surface area contributed by atoms with Gasteiger partial charge in [0.1, 0.15) is 5.78 Å². The number of carboxylic acid groups (broad SMARTS) is 1. The number of rotatable bonds is 1. The summed E-state index contributed by atoms with van der Waals surface area (Å²) in [7, 11) is 0. The number of nitrogens with zero attached hydrogens (tertiary/aromatic N) is 1. The zero-order valence-electron chi connectivity index (χ0n) is 13.5. The Kier molecular flexibility index (Phi) is 3.35. The number of hydrogen-bond acceptors (Lipinski definition) is 3. The first-order valence-electron chi connectivity index (χ1n) is 8.13. The quantitative estimate of drug-likeness (QED) is 0.830. The van der Waals surface area contributed by atoms with Gasteiger partial charge in [0.05, 0.1) is 23.1 Å². The van der Waals surface area contributed by atoms with E-state index in [2.05, 4.69) is 0 Å². The highest BCUT2D eigenvalue weighted by atomic mass is 19.4. The number of aliphatic carboxylic acids is 1. The van der Waals surface area contributed by atoms with E-state index >= 15 is 0 Å². The number of hydrogen-bond donors (Lipinski definition) is 1. The lowest BCUT2D eigenvalue weighted by atomic mass is 9.78. The Labute approximate surface area is 146 Å². The first-order chi connectivity index (χ1) is 12.1. The molecule has 26 heavy (non-hydrogen) atoms. The Bertz CT molecular complexity index is 902. The van der Waals surface area contributed by atoms with Crippen LogP contribution in [0.15, 0.2) is 29.5 Å². The summed E-state index contributed by atoms with van der Waals surface area (Å²) in [6.07, 6.45) is -4.31. The van der Waals surface area contributed by atoms with Gasteiger partial charge in [0.25, 0.3) is 0 Å². The number of alkyl halides is 3. The third kappa shape index (κ3) is 2.21. The summed E-state index contributed by atoms with van der Waals surface area (Å²) >= 11 is 0. The Hall–Kier alpha value is -2.64. The summed E-state index contributed by atoms with van der Waals surface area (Å²) in [5.41, 5.74) is -1.03. The highest BCUT2D eigenvalue weighted by molar-refractivity contribution is 6.08. The van der Waals surface area contributed by atoms with E-state index in [9.17, 15) is 32.7 Å². The van der Waals surface area contributed by atoms with E-state index in [0.29, 0.717) is 16.8 Å². The van der Waals surface area contributed by atoms with Gasteiger partial charge in [-0.3, -0.25) is 9.59 Å². The second-order valence-electron chi connectivity index (χ2n) is 6.97. The lowest BCUT2D eigenvalue weighted by molar-refractivity contribution is -0.140. The fourth-order valence-electron chi connectivity index (χ4n) is 4.31. The molecule has 1 aromatic carbocycles. The number of halogens is 3. The van der Waals surface area contributed by atoms with Crippen LogP contribution in [0.4, 0.5) is 13.2 Å². The van der Waals surface area contributed by atoms with Crippen molar-refractivity contribution in [3.63, 3.8) is 0 Å². The van der Waals surface area contributed by atoms with E-state index in [0.717, 1.165) is 12.1 Å². The standard InChI is InChI=1S/C18H14F3NO4/c19-18(20,21)11-2-1-9-6-13-14(15(24)25)17(4-3-12(23)7-17)16(26)22(13)8-10(9)5-11/h1-2,5H,3-4,6-8H2,(H,24,25). The van der Waals surface area contributed by atoms with Crippen LogP contribution in [-0.4, -0.2) is 27.7 Å². The summed E-state index contributed by atoms with van der Waals surface area (Å²) in [5.74, 6) is -1.91. The number of carboxylic acids is 1. The van der Waals surface area contributed by atoms with E-state index < -0.39 is 29.0 Å². The van der Waals surface area contributed by atoms with Crippen LogP contribution in [0.25, 0.3) is 0 Å². The van der Waals surface area contributed by atoms with Gasteiger partial charge in [-0.25, -0.2) is 4.79 Å². The van der Waals surface area contributed by atoms with Crippen LogP contribution in [0.2, 0.25) is 0 Å². The van der Waals surface area contributed by atoms with Crippen LogP contribution in [0.3, 0.4) is 0 Å². The molecule has 4 rings (SSSR count). The summed E-state index contributed by atoms with van der Waals surface area (Å²) < 4.78 is 38.8. The molecular weight excluding hydrogens is 351 g/mol. The molecule has 136 valence electrons. The predicted molar refractivity (Wildman–Crippen MR) is 81.7 cm³/mol. The molecule has 1 saturated carbocycles. The van der Waals surface area contributed by atoms with Gasteiger partial charge in [-0.15, -0.1) is 0 Å². The van der Waals surface area contributed by atoms with Gasteiger partial charge in [0, 0.05) is 25.0 Å². The first kappa shape index (κ1) is 16.8. The number of allylic oxidation sites excluding steroid dienone is 1. The number of benzene rings is 1. The third-order valence-electron chi connectivity index (χ3n) is 5.51. The summed E-state index contributed by atoms with van der Waals surface area (Å²) in [4.78, 5) is 37.9. The SMILES string of the molecule is O=C1CCC2(C1)C(=O)N1Cc3cc(C(F)(F)F)ccc3CC1=C2C(=O)O. The Morgan fingerprint density at radius 2 is 1.92 bits per heavy atom. The molecule has 1 amide bonds. The van der Waals surface area contributed by atoms with Gasteiger partial charge in [-0.1, -0.05) is 6.07 Å². The number of ketones is 1. The summed E-state index contributed by atoms with van der Waals surface area (Å²) in [6, 6.07) is 3.29. The van der Waals surface area contributed by atoms with Crippen LogP contribution >= 0.6 is 0 Å². The van der Waals surface area contributed by atoms with Crippen molar-refractivity contribution in [2.45, 2.75) is 38.4 Å². The maximum Gasteiger partial charge on any atom is 0.416 e. The topological polar surface area (TPSA) is 74.7 Å². The van der Waals surface area contributed by atoms with Crippen LogP contribution in [-0.2, 0) is 33.5 Å². The minimum absolute atomic E-state index is 0.0663. The monoisotopic (exact) mass is 365 g/mol. The second kappa shape index (κ2) is 5.18. The van der Waals surface area contributed by atoms with Crippen LogP contribution in [0.1, 0.15) is 36.0 Å². The van der Waals surface area contributed by atoms with E-state index in [4.69, 9.17) is 0 Å². The fourth-order valence-corrected chi connectivity index (χ4v) is 4.31. The molecule has 1 spiro atoms. The molecule has 1 atom stereocenters. The van der Waals surface area contributed by atoms with Crippen molar-refractivity contribution in [1.29, 1.82) is 0 Å². The van der Waals surface area contributed by atoms with Crippen molar-refractivity contribution in [2.75, 3.05) is 0 Å². The van der Waals surface area contributed by atoms with Crippen molar-refractivity contribution < 1.29 is 32.7 Å². The molecule has 3 aliphatic rings. The minimum atomic E-state index is -4.49. The van der Waals surface area contributed by atoms with Crippen molar-refractivity contribution in [1.82, 2.24) is 4.90 Å². The number of carbonyl (C=O) groups is 3. The van der Waals surface area contributed by atoms with Crippen molar-refractivity contribution in [3.8, 4) is 0 Å². The normalized spacial score (nSPS) is 25.1. The molecule has 5 nitrogen and oxygen atoms in total. The second-order valence-corrected chi connectivity index (χ2v) is 6.97. The average molecular weight is 365 g/mol. The van der Waals surface area contributed by atoms with Crippen molar-refractivity contribution in [2.24, 2.45) is 5.41 Å². The lowest BCUT2D eigenvalue weighted by Crippen LogP contribution is -2.37. The molecule has 1 fully saturated rings. The maximum atomic E-state index is 13.0. The van der Waals surface area contributed by atoms with Crippen LogP contribution in [0.5, 0.6) is 0 Å². The fraction of sp³-hybridized carbons (Fsp3) is 0.389. The highest BCUT2D eigenvalue weighted by Gasteiger charge is 2.58.